The zero-order valence-electron chi connectivity index (χ0n) is 82.6. The van der Waals surface area contributed by atoms with Crippen molar-refractivity contribution in [2.45, 2.75) is 417 Å². The van der Waals surface area contributed by atoms with Crippen LogP contribution in [-0.4, -0.2) is 218 Å². The maximum absolute atomic E-state index is 11.5. The molecule has 16 N–H and O–H groups in total. The Balaban J connectivity index is 0.000000459. The Morgan fingerprint density at radius 2 is 0.667 bits per heavy atom. The first-order chi connectivity index (χ1) is 61.2. The van der Waals surface area contributed by atoms with Gasteiger partial charge in [0.15, 0.2) is 12.4 Å². The van der Waals surface area contributed by atoms with Gasteiger partial charge in [-0.1, -0.05) is 205 Å². The van der Waals surface area contributed by atoms with Crippen LogP contribution in [0.3, 0.4) is 0 Å². The number of nitrogens with zero attached hydrogens (tertiary/aromatic N) is 12. The smallest absolute Gasteiger partial charge is 0.265 e. The Labute approximate surface area is 821 Å². The second-order valence-corrected chi connectivity index (χ2v) is 51.9. The molecule has 2 fully saturated rings. The van der Waals surface area contributed by atoms with Crippen LogP contribution in [0.1, 0.15) is 355 Å². The minimum Gasteiger partial charge on any atom is -0.393 e. The van der Waals surface area contributed by atoms with Gasteiger partial charge < -0.3 is 60.4 Å². The molecule has 4 aliphatic heterocycles. The quantitative estimate of drug-likeness (QED) is 0.0127. The van der Waals surface area contributed by atoms with E-state index in [2.05, 4.69) is 119 Å². The van der Waals surface area contributed by atoms with Gasteiger partial charge in [0.05, 0.1) is 58.8 Å². The second kappa shape index (κ2) is 59.7. The molecule has 2 amide bonds. The fraction of sp³-hybridized carbons (Fsp3) is 0.851. The number of hydrogen-bond donors (Lipinski definition) is 14. The zero-order valence-corrected chi connectivity index (χ0v) is 89.3. The van der Waals surface area contributed by atoms with Gasteiger partial charge in [0.1, 0.15) is 22.6 Å². The highest BCUT2D eigenvalue weighted by Crippen LogP contribution is 2.46. The summed E-state index contributed by atoms with van der Waals surface area (Å²) in [5.74, 6) is 2.39. The lowest BCUT2D eigenvalue weighted by Gasteiger charge is -2.39. The molecule has 38 heteroatoms. The molecule has 0 bridgehead atoms. The lowest BCUT2D eigenvalue weighted by atomic mass is 9.82. The van der Waals surface area contributed by atoms with Crippen molar-refractivity contribution < 1.29 is 69.4 Å². The van der Waals surface area contributed by atoms with Crippen molar-refractivity contribution in [1.29, 1.82) is 10.5 Å². The molecule has 0 aromatic carbocycles. The molecule has 4 aliphatic rings. The van der Waals surface area contributed by atoms with Crippen molar-refractivity contribution in [3.05, 3.63) is 34.6 Å². The molecule has 0 radical (unpaired) electrons. The van der Waals surface area contributed by atoms with Crippen LogP contribution in [0.25, 0.3) is 0 Å². The Bertz CT molecular complexity index is 3840. The van der Waals surface area contributed by atoms with Crippen LogP contribution in [0.4, 0.5) is 0 Å². The normalized spacial score (nSPS) is 18.6. The highest BCUT2D eigenvalue weighted by molar-refractivity contribution is 8.03. The number of aromatic nitrogens is 8. The highest BCUT2D eigenvalue weighted by atomic mass is 32.2. The van der Waals surface area contributed by atoms with Crippen LogP contribution in [-0.2, 0) is 31.8 Å². The van der Waals surface area contributed by atoms with Crippen molar-refractivity contribution in [3.63, 3.8) is 0 Å². The standard InChI is InChI=1S/C31H46N2O2S6.C23H40N4O4.C21H40N8O2.C19H44N2O6P2/c1-30(2,18-32-26(36)15-24-22(28(32)38)10-13-40-24)12-6-9-20(34)7-5-8-21(35)17-31(3,4)19-33-27(37)16-25-23(29(33)39)11-14-41-25;1-22(2,14-20(30)26-16-24)12-6-10-18(28)8-5-9-19(29)11-7-13-23(3,4)15-21(31)27-17-25;1-20(2,14-28-16-22-24-26-28)12-6-10-18(30)8-5-9-19(31)11-7-13-21(3,4)15-29-17-23-25-27-29;1-18(2,14-28(20,24)25)12-6-10-16(22)8-5-9-17(23)11-7-13-19(3,4)15-29(21,26)27/h15-16,20-23,34-35H,5-14,17-19H2,1-4H3;18-19,28-29H,5-15H2,1-4H3,(H,26,30)(H,27,31);16-19,30-31H,5-15H2,1-4H3;16-17,22-23H,5-15H2,1-4H3,(H3,20,24,25)(H3,21,26,27). The number of fused-ring (bicyclic) bond motifs is 2. The first-order valence-corrected chi connectivity index (χ1v) is 55.5. The van der Waals surface area contributed by atoms with Crippen LogP contribution in [0.15, 0.2) is 34.6 Å². The summed E-state index contributed by atoms with van der Waals surface area (Å²) in [6.45, 7) is 36.3. The van der Waals surface area contributed by atoms with Gasteiger partial charge in [0.25, 0.3) is 15.0 Å². The van der Waals surface area contributed by atoms with E-state index < -0.39 is 45.6 Å². The third-order valence-electron chi connectivity index (χ3n) is 25.2. The van der Waals surface area contributed by atoms with Gasteiger partial charge in [-0.25, -0.2) is 9.36 Å². The SMILES string of the molecule is CC(C)(CCCC(O)CCCC(O)CC(C)(C)CN1C(=S)C=C2SCCC2C1=S)CN1C(=S)C=C2SCCC2C1=S.CC(C)(CCCC(O)CCCC(O)CCCC(C)(C)CC(=O)NC#N)CC(=O)NC#N.CC(C)(CCCC(O)CCCC(O)CCCC(C)(C)CP(N)(=O)O)CP(N)(=O)O.CC(C)(CCCC(O)CCCC(O)CCCC(C)(C)Cn1cnnn1)Cn1cnnn1. The number of aliphatic hydroxyl groups excluding tert-OH is 8. The van der Waals surface area contributed by atoms with Crippen LogP contribution < -0.4 is 21.6 Å². The number of carbonyl (C=O) groups is 2. The summed E-state index contributed by atoms with van der Waals surface area (Å²) >= 11 is 26.8. The Morgan fingerprint density at radius 1 is 0.417 bits per heavy atom. The molecule has 2 saturated heterocycles. The van der Waals surface area contributed by atoms with Crippen molar-refractivity contribution in [2.24, 2.45) is 66.2 Å². The lowest BCUT2D eigenvalue weighted by Crippen LogP contribution is -2.46. The number of carbonyl (C=O) groups excluding carboxylic acids is 2. The van der Waals surface area contributed by atoms with Crippen LogP contribution in [0.2, 0.25) is 0 Å². The van der Waals surface area contributed by atoms with Crippen molar-refractivity contribution >= 4 is 119 Å². The van der Waals surface area contributed by atoms with Crippen LogP contribution >= 0.6 is 87.4 Å². The molecule has 0 aliphatic carbocycles. The summed E-state index contributed by atoms with van der Waals surface area (Å²) in [5.41, 5.74) is 9.47. The molecule has 6 heterocycles. The summed E-state index contributed by atoms with van der Waals surface area (Å²) in [4.78, 5) is 52.3. The van der Waals surface area contributed by atoms with E-state index in [0.29, 0.717) is 88.9 Å². The van der Waals surface area contributed by atoms with Gasteiger partial charge in [0, 0.05) is 63.2 Å². The van der Waals surface area contributed by atoms with Gasteiger partial charge in [-0.3, -0.25) is 40.4 Å². The average Bonchev–Trinajstić information content (AvgIpc) is 1.50. The zero-order chi connectivity index (χ0) is 99.5. The number of aliphatic hydroxyl groups is 8. The van der Waals surface area contributed by atoms with Crippen molar-refractivity contribution in [3.8, 4) is 12.4 Å². The van der Waals surface area contributed by atoms with Gasteiger partial charge in [-0.2, -0.15) is 10.5 Å². The molecule has 2 aromatic rings. The summed E-state index contributed by atoms with van der Waals surface area (Å²) < 4.78 is 26.2. The molecule has 756 valence electrons. The summed E-state index contributed by atoms with van der Waals surface area (Å²) in [5, 5.41) is 126. The topological polar surface area (TPSA) is 488 Å². The van der Waals surface area contributed by atoms with Crippen LogP contribution in [0, 0.1) is 78.1 Å². The van der Waals surface area contributed by atoms with E-state index in [1.807, 2.05) is 78.9 Å². The summed E-state index contributed by atoms with van der Waals surface area (Å²) in [6, 6.07) is 0. The second-order valence-electron chi connectivity index (χ2n) is 44.2. The Morgan fingerprint density at radius 3 is 0.932 bits per heavy atom. The van der Waals surface area contributed by atoms with E-state index >= 15 is 0 Å². The minimum atomic E-state index is -3.53. The third kappa shape index (κ3) is 55.8. The number of nitrogens with two attached hydrogens (primary N) is 2. The molecule has 0 saturated carbocycles. The predicted molar refractivity (Wildman–Crippen MR) is 547 cm³/mol. The third-order valence-corrected chi connectivity index (χ3v) is 31.8. The van der Waals surface area contributed by atoms with Crippen LogP contribution in [0.5, 0.6) is 0 Å². The summed E-state index contributed by atoms with van der Waals surface area (Å²) in [7, 11) is -7.07. The summed E-state index contributed by atoms with van der Waals surface area (Å²) in [6.07, 6.45) is 36.8. The van der Waals surface area contributed by atoms with Gasteiger partial charge in [-0.05, 0) is 284 Å². The molecular weight excluding hydrogens is 1830 g/mol. The molecule has 0 spiro atoms. The van der Waals surface area contributed by atoms with E-state index in [4.69, 9.17) is 70.4 Å². The predicted octanol–water partition coefficient (Wildman–Crippen LogP) is 17.2. The Kier molecular flexibility index (Phi) is 55.3. The number of nitriles is 2. The maximum Gasteiger partial charge on any atom is 0.265 e. The number of nitrogens with one attached hydrogen (secondary N) is 2. The van der Waals surface area contributed by atoms with E-state index in [1.54, 1.807) is 34.4 Å². The van der Waals surface area contributed by atoms with Gasteiger partial charge in [-0.15, -0.1) is 33.7 Å². The molecule has 12 atom stereocenters. The minimum absolute atomic E-state index is 0.0552. The molecule has 6 rings (SSSR count). The number of thioether (sulfide) groups is 2. The Hall–Kier alpha value is -3.82. The first kappa shape index (κ1) is 122. The molecule has 12 unspecified atom stereocenters. The van der Waals surface area contributed by atoms with Crippen molar-refractivity contribution in [1.82, 2.24) is 60.8 Å². The number of thiocarbonyl (C=S) groups is 4. The molecular formula is C94H170N16O14P2S6. The lowest BCUT2D eigenvalue weighted by molar-refractivity contribution is -0.122. The van der Waals surface area contributed by atoms with Crippen molar-refractivity contribution in [2.75, 3.05) is 36.9 Å². The highest BCUT2D eigenvalue weighted by Gasteiger charge is 2.40. The van der Waals surface area contributed by atoms with E-state index in [-0.39, 0.29) is 98.6 Å². The maximum atomic E-state index is 11.5. The molecule has 132 heavy (non-hydrogen) atoms. The average molecular weight is 2000 g/mol. The fourth-order valence-corrected chi connectivity index (χ4v) is 25.2. The number of hydrogen-bond acceptors (Lipinski definition) is 26. The fourth-order valence-electron chi connectivity index (χ4n) is 18.2. The monoisotopic (exact) mass is 2000 g/mol. The number of tetrazole rings is 2. The molecule has 2 aromatic heterocycles. The number of amides is 2. The number of rotatable bonds is 62. The van der Waals surface area contributed by atoms with Gasteiger partial charge in [0.2, 0.25) is 11.8 Å². The van der Waals surface area contributed by atoms with Gasteiger partial charge >= 0.3 is 0 Å². The van der Waals surface area contributed by atoms with E-state index in [0.717, 1.165) is 212 Å². The molecule has 30 nitrogen and oxygen atoms in total. The first-order valence-electron chi connectivity index (χ1n) is 48.1. The largest absolute Gasteiger partial charge is 0.393 e. The van der Waals surface area contributed by atoms with E-state index in [9.17, 15) is 69.4 Å². The van der Waals surface area contributed by atoms with E-state index in [1.165, 1.54) is 9.81 Å².